The van der Waals surface area contributed by atoms with Crippen LogP contribution in [0.5, 0.6) is 0 Å². The Morgan fingerprint density at radius 3 is 2.87 bits per heavy atom. The van der Waals surface area contributed by atoms with Crippen molar-refractivity contribution >= 4 is 23.2 Å². The number of unbranched alkanes of at least 4 members (excludes halogenated alkanes) is 1. The molecule has 1 amide bonds. The van der Waals surface area contributed by atoms with Gasteiger partial charge in [0.2, 0.25) is 11.8 Å². The van der Waals surface area contributed by atoms with Gasteiger partial charge in [-0.15, -0.1) is 0 Å². The molecule has 0 saturated heterocycles. The molecule has 0 aliphatic rings. The number of amides is 1. The largest absolute Gasteiger partial charge is 0.480 e. The number of rotatable bonds is 8. The number of oxazole rings is 1. The molecule has 2 heterocycles. The van der Waals surface area contributed by atoms with Crippen LogP contribution < -0.4 is 5.32 Å². The number of carbonyl (C=O) groups is 2. The number of thiophene rings is 1. The predicted molar refractivity (Wildman–Crippen MR) is 87.3 cm³/mol. The molecule has 0 saturated carbocycles. The van der Waals surface area contributed by atoms with Crippen LogP contribution in [0.25, 0.3) is 11.5 Å². The maximum atomic E-state index is 12.1. The Labute approximate surface area is 138 Å². The fourth-order valence-electron chi connectivity index (χ4n) is 2.16. The number of carbonyl (C=O) groups excluding carboxylic acids is 1. The van der Waals surface area contributed by atoms with E-state index in [0.29, 0.717) is 23.8 Å². The second-order valence-corrected chi connectivity index (χ2v) is 6.09. The van der Waals surface area contributed by atoms with Gasteiger partial charge in [0.05, 0.1) is 12.1 Å². The molecule has 0 bridgehead atoms. The van der Waals surface area contributed by atoms with Crippen molar-refractivity contribution in [2.75, 3.05) is 0 Å². The number of nitrogens with zero attached hydrogens (tertiary/aromatic N) is 1. The lowest BCUT2D eigenvalue weighted by molar-refractivity contribution is -0.142. The summed E-state index contributed by atoms with van der Waals surface area (Å²) in [6, 6.07) is 1.04. The van der Waals surface area contributed by atoms with Crippen molar-refractivity contribution in [2.45, 2.75) is 45.6 Å². The van der Waals surface area contributed by atoms with Crippen LogP contribution in [0, 0.1) is 6.92 Å². The second-order valence-electron chi connectivity index (χ2n) is 5.31. The van der Waals surface area contributed by atoms with Crippen LogP contribution in [0.4, 0.5) is 0 Å². The van der Waals surface area contributed by atoms with Gasteiger partial charge in [-0.25, -0.2) is 9.78 Å². The summed E-state index contributed by atoms with van der Waals surface area (Å²) in [5, 5.41) is 15.5. The summed E-state index contributed by atoms with van der Waals surface area (Å²) in [6.07, 6.45) is 2.07. The van der Waals surface area contributed by atoms with Crippen LogP contribution >= 0.6 is 11.3 Å². The fourth-order valence-corrected chi connectivity index (χ4v) is 2.79. The minimum absolute atomic E-state index is 0.00930. The van der Waals surface area contributed by atoms with Crippen molar-refractivity contribution in [3.8, 4) is 11.5 Å². The zero-order valence-electron chi connectivity index (χ0n) is 13.2. The molecule has 0 aromatic carbocycles. The lowest BCUT2D eigenvalue weighted by atomic mass is 10.1. The smallest absolute Gasteiger partial charge is 0.326 e. The average Bonchev–Trinajstić information content (AvgIpc) is 3.13. The minimum atomic E-state index is -1.01. The lowest BCUT2D eigenvalue weighted by Crippen LogP contribution is -2.41. The molecule has 0 aliphatic heterocycles. The van der Waals surface area contributed by atoms with Gasteiger partial charge in [0.25, 0.3) is 0 Å². The van der Waals surface area contributed by atoms with E-state index < -0.39 is 12.0 Å². The number of carboxylic acids is 1. The molecule has 1 atom stereocenters. The Hall–Kier alpha value is -2.15. The van der Waals surface area contributed by atoms with Crippen LogP contribution in [0.2, 0.25) is 0 Å². The quantitative estimate of drug-likeness (QED) is 0.773. The van der Waals surface area contributed by atoms with E-state index in [-0.39, 0.29) is 12.3 Å². The normalized spacial score (nSPS) is 12.1. The van der Waals surface area contributed by atoms with Crippen molar-refractivity contribution < 1.29 is 19.1 Å². The second kappa shape index (κ2) is 7.92. The molecule has 1 unspecified atom stereocenters. The van der Waals surface area contributed by atoms with Crippen LogP contribution in [-0.2, 0) is 16.0 Å². The van der Waals surface area contributed by atoms with E-state index in [9.17, 15) is 9.59 Å². The summed E-state index contributed by atoms with van der Waals surface area (Å²) >= 11 is 1.54. The Bertz CT molecular complexity index is 664. The molecule has 2 aromatic rings. The van der Waals surface area contributed by atoms with Crippen LogP contribution in [-0.4, -0.2) is 28.0 Å². The highest BCUT2D eigenvalue weighted by atomic mass is 32.1. The molecule has 0 fully saturated rings. The van der Waals surface area contributed by atoms with Gasteiger partial charge < -0.3 is 14.8 Å². The van der Waals surface area contributed by atoms with Crippen molar-refractivity contribution in [3.05, 3.63) is 28.3 Å². The molecule has 0 aliphatic carbocycles. The van der Waals surface area contributed by atoms with Gasteiger partial charge in [-0.1, -0.05) is 19.8 Å². The van der Waals surface area contributed by atoms with E-state index in [0.717, 1.165) is 18.4 Å². The molecule has 2 aromatic heterocycles. The van der Waals surface area contributed by atoms with Gasteiger partial charge in [-0.05, 0) is 24.8 Å². The Kier molecular flexibility index (Phi) is 5.92. The van der Waals surface area contributed by atoms with Crippen molar-refractivity contribution in [3.63, 3.8) is 0 Å². The van der Waals surface area contributed by atoms with Gasteiger partial charge in [-0.2, -0.15) is 11.3 Å². The molecule has 23 heavy (non-hydrogen) atoms. The van der Waals surface area contributed by atoms with Crippen molar-refractivity contribution in [2.24, 2.45) is 0 Å². The molecular formula is C16H20N2O4S. The minimum Gasteiger partial charge on any atom is -0.480 e. The van der Waals surface area contributed by atoms with Gasteiger partial charge in [0.1, 0.15) is 11.8 Å². The highest BCUT2D eigenvalue weighted by Crippen LogP contribution is 2.24. The molecule has 124 valence electrons. The molecule has 2 N–H and O–H groups in total. The third-order valence-electron chi connectivity index (χ3n) is 3.47. The van der Waals surface area contributed by atoms with Crippen LogP contribution in [0.15, 0.2) is 21.2 Å². The number of hydrogen-bond donors (Lipinski definition) is 2. The third-order valence-corrected chi connectivity index (χ3v) is 4.15. The monoisotopic (exact) mass is 336 g/mol. The molecule has 0 radical (unpaired) electrons. The highest BCUT2D eigenvalue weighted by Gasteiger charge is 2.21. The number of hydrogen-bond acceptors (Lipinski definition) is 5. The van der Waals surface area contributed by atoms with Gasteiger partial charge in [-0.3, -0.25) is 4.79 Å². The molecule has 2 rings (SSSR count). The standard InChI is InChI=1S/C16H20N2O4S/c1-3-4-5-12(16(20)21)17-14(19)8-13-10(2)22-15(18-13)11-6-7-23-9-11/h6-7,9,12H,3-5,8H2,1-2H3,(H,17,19)(H,20,21). The zero-order valence-corrected chi connectivity index (χ0v) is 14.0. The van der Waals surface area contributed by atoms with Gasteiger partial charge >= 0.3 is 5.97 Å². The first-order valence-corrected chi connectivity index (χ1v) is 8.46. The Morgan fingerprint density at radius 1 is 1.48 bits per heavy atom. The summed E-state index contributed by atoms with van der Waals surface area (Å²) in [4.78, 5) is 27.6. The number of aliphatic carboxylic acids is 1. The van der Waals surface area contributed by atoms with Crippen molar-refractivity contribution in [1.82, 2.24) is 10.3 Å². The average molecular weight is 336 g/mol. The van der Waals surface area contributed by atoms with E-state index in [4.69, 9.17) is 9.52 Å². The van der Waals surface area contributed by atoms with E-state index in [1.54, 1.807) is 6.92 Å². The first kappa shape index (κ1) is 17.2. The predicted octanol–water partition coefficient (Wildman–Crippen LogP) is 3.01. The third kappa shape index (κ3) is 4.66. The summed E-state index contributed by atoms with van der Waals surface area (Å²) in [5.41, 5.74) is 1.40. The number of carboxylic acid groups (broad SMARTS) is 1. The van der Waals surface area contributed by atoms with Crippen molar-refractivity contribution in [1.29, 1.82) is 0 Å². The summed E-state index contributed by atoms with van der Waals surface area (Å²) < 4.78 is 5.58. The van der Waals surface area contributed by atoms with E-state index in [2.05, 4.69) is 10.3 Å². The Morgan fingerprint density at radius 2 is 2.26 bits per heavy atom. The highest BCUT2D eigenvalue weighted by molar-refractivity contribution is 7.08. The maximum Gasteiger partial charge on any atom is 0.326 e. The molecular weight excluding hydrogens is 316 g/mol. The summed E-state index contributed by atoms with van der Waals surface area (Å²) in [7, 11) is 0. The number of aromatic nitrogens is 1. The Balaban J connectivity index is 2.01. The van der Waals surface area contributed by atoms with Crippen LogP contribution in [0.1, 0.15) is 37.6 Å². The number of aryl methyl sites for hydroxylation is 1. The van der Waals surface area contributed by atoms with E-state index in [1.807, 2.05) is 23.8 Å². The number of nitrogens with one attached hydrogen (secondary N) is 1. The zero-order chi connectivity index (χ0) is 16.8. The summed E-state index contributed by atoms with van der Waals surface area (Å²) in [6.45, 7) is 3.72. The van der Waals surface area contributed by atoms with E-state index in [1.165, 1.54) is 11.3 Å². The first-order valence-electron chi connectivity index (χ1n) is 7.52. The van der Waals surface area contributed by atoms with E-state index >= 15 is 0 Å². The summed E-state index contributed by atoms with van der Waals surface area (Å²) in [5.74, 6) is -0.321. The topological polar surface area (TPSA) is 92.4 Å². The molecule has 6 nitrogen and oxygen atoms in total. The SMILES string of the molecule is CCCCC(NC(=O)Cc1nc(-c2ccsc2)oc1C)C(=O)O. The maximum absolute atomic E-state index is 12.1. The first-order chi connectivity index (χ1) is 11.0. The van der Waals surface area contributed by atoms with Crippen LogP contribution in [0.3, 0.4) is 0 Å². The fraction of sp³-hybridized carbons (Fsp3) is 0.438. The van der Waals surface area contributed by atoms with Gasteiger partial charge in [0.15, 0.2) is 0 Å². The lowest BCUT2D eigenvalue weighted by Gasteiger charge is -2.13. The molecule has 0 spiro atoms. The van der Waals surface area contributed by atoms with Gasteiger partial charge in [0, 0.05) is 10.9 Å². The molecule has 7 heteroatoms.